The average Bonchev–Trinajstić information content (AvgIpc) is 3.19. The molecule has 4 N–H and O–H groups in total. The number of nitrogens with two attached hydrogens (primary N) is 1. The van der Waals surface area contributed by atoms with Gasteiger partial charge >= 0.3 is 0 Å². The molecule has 1 aromatic carbocycles. The molecule has 1 fully saturated rings. The van der Waals surface area contributed by atoms with Crippen LogP contribution in [0.1, 0.15) is 51.0 Å². The summed E-state index contributed by atoms with van der Waals surface area (Å²) in [5, 5.41) is 24.4. The minimum atomic E-state index is -0.924. The summed E-state index contributed by atoms with van der Waals surface area (Å²) in [6.07, 6.45) is 2.88. The van der Waals surface area contributed by atoms with Gasteiger partial charge in [-0.3, -0.25) is 9.98 Å². The number of hydrogen-bond acceptors (Lipinski definition) is 8. The van der Waals surface area contributed by atoms with Crippen LogP contribution in [0.3, 0.4) is 0 Å². The minimum Gasteiger partial charge on any atom is -0.401 e. The number of nitriles is 1. The topological polar surface area (TPSA) is 134 Å². The Kier molecular flexibility index (Phi) is 6.82. The Balaban J connectivity index is 1.83. The first-order valence-electron chi connectivity index (χ1n) is 11.5. The number of benzene rings is 1. The summed E-state index contributed by atoms with van der Waals surface area (Å²) < 4.78 is 8.01. The summed E-state index contributed by atoms with van der Waals surface area (Å²) in [4.78, 5) is 13.6. The number of nitrogens with zero attached hydrogens (tertiary/aromatic N) is 5. The Morgan fingerprint density at radius 2 is 2.21 bits per heavy atom. The molecule has 0 amide bonds. The molecule has 3 atom stereocenters. The van der Waals surface area contributed by atoms with E-state index in [2.05, 4.69) is 32.9 Å². The zero-order valence-electron chi connectivity index (χ0n) is 20.0. The Morgan fingerprint density at radius 3 is 2.88 bits per heavy atom. The van der Waals surface area contributed by atoms with E-state index in [1.165, 1.54) is 0 Å². The summed E-state index contributed by atoms with van der Waals surface area (Å²) in [7, 11) is 1.69. The Morgan fingerprint density at radius 1 is 1.41 bits per heavy atom. The number of aliphatic hydroxyl groups excluding tert-OH is 1. The number of rotatable bonds is 6. The first-order valence-corrected chi connectivity index (χ1v) is 11.5. The number of imidazole rings is 1. The molecule has 1 saturated heterocycles. The number of fused-ring (bicyclic) bond motifs is 3. The molecule has 9 heteroatoms. The molecule has 3 heterocycles. The van der Waals surface area contributed by atoms with Crippen molar-refractivity contribution in [2.75, 3.05) is 13.7 Å². The van der Waals surface area contributed by atoms with Crippen molar-refractivity contribution < 1.29 is 9.84 Å². The fraction of sp³-hybridized carbons (Fsp3) is 0.440. The van der Waals surface area contributed by atoms with Gasteiger partial charge in [-0.05, 0) is 51.8 Å². The van der Waals surface area contributed by atoms with Gasteiger partial charge in [0.1, 0.15) is 17.6 Å². The van der Waals surface area contributed by atoms with Crippen molar-refractivity contribution in [1.82, 2.24) is 19.9 Å². The van der Waals surface area contributed by atoms with E-state index in [4.69, 9.17) is 15.5 Å². The average molecular weight is 462 g/mol. The largest absolute Gasteiger partial charge is 0.401 e. The van der Waals surface area contributed by atoms with Gasteiger partial charge in [0, 0.05) is 30.8 Å². The van der Waals surface area contributed by atoms with E-state index in [-0.39, 0.29) is 18.6 Å². The molecule has 0 saturated carbocycles. The first kappa shape index (κ1) is 23.7. The van der Waals surface area contributed by atoms with Crippen LogP contribution < -0.4 is 11.1 Å². The molecule has 0 spiro atoms. The molecule has 0 bridgehead atoms. The van der Waals surface area contributed by atoms with Crippen LogP contribution in [0.2, 0.25) is 0 Å². The van der Waals surface area contributed by atoms with Gasteiger partial charge in [0.15, 0.2) is 0 Å². The Bertz CT molecular complexity index is 1310. The molecular weight excluding hydrogens is 430 g/mol. The van der Waals surface area contributed by atoms with Gasteiger partial charge < -0.3 is 25.5 Å². The molecule has 2 aromatic heterocycles. The molecule has 3 aromatic rings. The molecule has 0 aliphatic carbocycles. The van der Waals surface area contributed by atoms with E-state index in [1.807, 2.05) is 19.1 Å². The highest BCUT2D eigenvalue weighted by molar-refractivity contribution is 6.03. The molecule has 0 radical (unpaired) electrons. The molecule has 4 rings (SSSR count). The van der Waals surface area contributed by atoms with Gasteiger partial charge in [-0.15, -0.1) is 0 Å². The van der Waals surface area contributed by atoms with Crippen molar-refractivity contribution in [3.05, 3.63) is 47.2 Å². The second kappa shape index (κ2) is 9.79. The number of nitrogens with one attached hydrogen (secondary N) is 1. The van der Waals surface area contributed by atoms with Crippen LogP contribution in [0, 0.1) is 11.3 Å². The Labute approximate surface area is 199 Å². The van der Waals surface area contributed by atoms with E-state index in [9.17, 15) is 10.4 Å². The van der Waals surface area contributed by atoms with Gasteiger partial charge in [0.05, 0.1) is 52.8 Å². The van der Waals surface area contributed by atoms with E-state index < -0.39 is 6.23 Å². The van der Waals surface area contributed by atoms with Crippen LogP contribution >= 0.6 is 0 Å². The van der Waals surface area contributed by atoms with Crippen molar-refractivity contribution >= 4 is 27.6 Å². The molecule has 1 unspecified atom stereocenters. The number of pyridine rings is 1. The number of aliphatic hydroxyl groups is 1. The highest BCUT2D eigenvalue weighted by Crippen LogP contribution is 2.34. The van der Waals surface area contributed by atoms with Crippen LogP contribution in [0.15, 0.2) is 40.8 Å². The number of aliphatic imine (C=N–C) groups is 1. The van der Waals surface area contributed by atoms with Crippen LogP contribution in [0.5, 0.6) is 0 Å². The smallest absolute Gasteiger partial charge is 0.131 e. The van der Waals surface area contributed by atoms with E-state index >= 15 is 0 Å². The monoisotopic (exact) mass is 461 g/mol. The predicted octanol–water partition coefficient (Wildman–Crippen LogP) is 2.93. The summed E-state index contributed by atoms with van der Waals surface area (Å²) in [6.45, 7) is 6.34. The highest BCUT2D eigenvalue weighted by atomic mass is 16.5. The molecule has 178 valence electrons. The SMILES string of the molecule is CN=C(C)/C(NC(O)Cc1nc2cnc3ccc(C#N)cc3c2n1[C@@H]1CCO[C@H](C)C1)=C(/C)N. The number of allylic oxidation sites excluding steroid dienone is 2. The molecule has 1 aliphatic rings. The predicted molar refractivity (Wildman–Crippen MR) is 132 cm³/mol. The van der Waals surface area contributed by atoms with Crippen molar-refractivity contribution in [3.8, 4) is 6.07 Å². The second-order valence-electron chi connectivity index (χ2n) is 8.82. The van der Waals surface area contributed by atoms with Crippen LogP contribution in [0.25, 0.3) is 21.9 Å². The second-order valence-corrected chi connectivity index (χ2v) is 8.82. The minimum absolute atomic E-state index is 0.118. The van der Waals surface area contributed by atoms with Crippen LogP contribution in [-0.4, -0.2) is 51.3 Å². The normalized spacial score (nSPS) is 20.8. The zero-order chi connectivity index (χ0) is 24.4. The lowest BCUT2D eigenvalue weighted by Gasteiger charge is -2.30. The summed E-state index contributed by atoms with van der Waals surface area (Å²) >= 11 is 0. The lowest BCUT2D eigenvalue weighted by molar-refractivity contribution is 0.00592. The molecule has 34 heavy (non-hydrogen) atoms. The van der Waals surface area contributed by atoms with Crippen LogP contribution in [-0.2, 0) is 11.2 Å². The Hall–Kier alpha value is -3.48. The van der Waals surface area contributed by atoms with Crippen molar-refractivity contribution in [2.45, 2.75) is 58.4 Å². The van der Waals surface area contributed by atoms with E-state index in [1.54, 1.807) is 26.2 Å². The third kappa shape index (κ3) is 4.60. The standard InChI is InChI=1S/C25H31N7O2/c1-14-9-18(7-8-34-14)32-22(11-23(33)31-24(15(2)27)16(3)28-4)30-21-13-29-20-6-5-17(12-26)10-19(20)25(21)32/h5-6,10,13-14,18,23,31,33H,7-9,11,27H2,1-4H3/b24-15+,28-16?/t14-,18-,23?/m1/s1. The quantitative estimate of drug-likeness (QED) is 0.379. The maximum absolute atomic E-state index is 11.0. The van der Waals surface area contributed by atoms with Crippen molar-refractivity contribution in [3.63, 3.8) is 0 Å². The van der Waals surface area contributed by atoms with Gasteiger partial charge in [-0.1, -0.05) is 0 Å². The van der Waals surface area contributed by atoms with Gasteiger partial charge in [0.25, 0.3) is 0 Å². The summed E-state index contributed by atoms with van der Waals surface area (Å²) in [6, 6.07) is 7.87. The molecule has 1 aliphatic heterocycles. The number of ether oxygens (including phenoxy) is 1. The van der Waals surface area contributed by atoms with Crippen molar-refractivity contribution in [2.24, 2.45) is 10.7 Å². The first-order chi connectivity index (χ1) is 16.3. The van der Waals surface area contributed by atoms with Gasteiger partial charge in [-0.25, -0.2) is 4.98 Å². The van der Waals surface area contributed by atoms with Gasteiger partial charge in [0.2, 0.25) is 0 Å². The number of hydrogen-bond donors (Lipinski definition) is 3. The van der Waals surface area contributed by atoms with E-state index in [0.29, 0.717) is 29.3 Å². The lowest BCUT2D eigenvalue weighted by atomic mass is 10.0. The van der Waals surface area contributed by atoms with Crippen LogP contribution in [0.4, 0.5) is 0 Å². The third-order valence-electron chi connectivity index (χ3n) is 6.32. The van der Waals surface area contributed by atoms with E-state index in [0.717, 1.165) is 40.6 Å². The maximum atomic E-state index is 11.0. The maximum Gasteiger partial charge on any atom is 0.131 e. The zero-order valence-corrected chi connectivity index (χ0v) is 20.0. The van der Waals surface area contributed by atoms with Crippen molar-refractivity contribution in [1.29, 1.82) is 5.26 Å². The third-order valence-corrected chi connectivity index (χ3v) is 6.32. The highest BCUT2D eigenvalue weighted by Gasteiger charge is 2.27. The molecular formula is C25H31N7O2. The number of aromatic nitrogens is 3. The fourth-order valence-corrected chi connectivity index (χ4v) is 4.65. The molecule has 9 nitrogen and oxygen atoms in total. The fourth-order valence-electron chi connectivity index (χ4n) is 4.65. The summed E-state index contributed by atoms with van der Waals surface area (Å²) in [5.41, 5.74) is 10.9. The van der Waals surface area contributed by atoms with Gasteiger partial charge in [-0.2, -0.15) is 5.26 Å². The lowest BCUT2D eigenvalue weighted by Crippen LogP contribution is -2.36. The summed E-state index contributed by atoms with van der Waals surface area (Å²) in [5.74, 6) is 0.742.